The van der Waals surface area contributed by atoms with Crippen LogP contribution in [0.15, 0.2) is 48.5 Å². The van der Waals surface area contributed by atoms with Crippen LogP contribution in [0.4, 0.5) is 15.8 Å². The van der Waals surface area contributed by atoms with Crippen molar-refractivity contribution in [3.63, 3.8) is 0 Å². The predicted molar refractivity (Wildman–Crippen MR) is 114 cm³/mol. The summed E-state index contributed by atoms with van der Waals surface area (Å²) in [6.45, 7) is 6.86. The maximum atomic E-state index is 13.1. The number of rotatable bonds is 6. The minimum absolute atomic E-state index is 0.00550. The van der Waals surface area contributed by atoms with Gasteiger partial charge in [0.05, 0.1) is 0 Å². The van der Waals surface area contributed by atoms with Crippen LogP contribution in [0, 0.1) is 5.82 Å². The van der Waals surface area contributed by atoms with Crippen molar-refractivity contribution in [3.05, 3.63) is 59.9 Å². The molecule has 6 heteroatoms. The number of carbonyl (C=O) groups excluding carboxylic acids is 2. The Balaban J connectivity index is 1.41. The molecule has 1 fully saturated rings. The van der Waals surface area contributed by atoms with Crippen molar-refractivity contribution in [2.24, 2.45) is 0 Å². The van der Waals surface area contributed by atoms with Crippen LogP contribution in [0.2, 0.25) is 0 Å². The summed E-state index contributed by atoms with van der Waals surface area (Å²) in [5.41, 5.74) is 2.93. The van der Waals surface area contributed by atoms with Crippen LogP contribution in [0.5, 0.6) is 0 Å². The first-order valence-electron chi connectivity index (χ1n) is 10.1. The van der Waals surface area contributed by atoms with Gasteiger partial charge in [0.2, 0.25) is 11.8 Å². The highest BCUT2D eigenvalue weighted by molar-refractivity contribution is 5.93. The number of amides is 2. The summed E-state index contributed by atoms with van der Waals surface area (Å²) >= 11 is 0. The van der Waals surface area contributed by atoms with Gasteiger partial charge < -0.3 is 15.1 Å². The summed E-state index contributed by atoms with van der Waals surface area (Å²) in [5.74, 6) is 0.0345. The van der Waals surface area contributed by atoms with Crippen LogP contribution in [-0.2, 0) is 9.59 Å². The molecule has 29 heavy (non-hydrogen) atoms. The molecular formula is C23H28FN3O2. The summed E-state index contributed by atoms with van der Waals surface area (Å²) < 4.78 is 13.1. The van der Waals surface area contributed by atoms with Gasteiger partial charge in [-0.15, -0.1) is 0 Å². The zero-order valence-electron chi connectivity index (χ0n) is 17.0. The molecule has 2 aromatic rings. The van der Waals surface area contributed by atoms with Crippen LogP contribution in [0.25, 0.3) is 0 Å². The molecule has 1 aliphatic rings. The minimum atomic E-state index is -0.253. The molecule has 0 bridgehead atoms. The van der Waals surface area contributed by atoms with Crippen molar-refractivity contribution in [2.75, 3.05) is 36.4 Å². The average Bonchev–Trinajstić information content (AvgIpc) is 2.73. The maximum Gasteiger partial charge on any atom is 0.224 e. The number of benzene rings is 2. The van der Waals surface area contributed by atoms with Crippen molar-refractivity contribution < 1.29 is 14.0 Å². The van der Waals surface area contributed by atoms with Gasteiger partial charge in [0, 0.05) is 50.4 Å². The molecule has 0 atom stereocenters. The smallest absolute Gasteiger partial charge is 0.224 e. The molecule has 2 aromatic carbocycles. The van der Waals surface area contributed by atoms with Crippen molar-refractivity contribution in [1.29, 1.82) is 0 Å². The quantitative estimate of drug-likeness (QED) is 0.801. The molecule has 0 aromatic heterocycles. The average molecular weight is 397 g/mol. The summed E-state index contributed by atoms with van der Waals surface area (Å²) in [5, 5.41) is 2.85. The lowest BCUT2D eigenvalue weighted by molar-refractivity contribution is -0.133. The molecule has 1 heterocycles. The lowest BCUT2D eigenvalue weighted by Gasteiger charge is -2.36. The molecule has 0 spiro atoms. The van der Waals surface area contributed by atoms with Crippen molar-refractivity contribution in [1.82, 2.24) is 4.90 Å². The lowest BCUT2D eigenvalue weighted by atomic mass is 10.0. The Labute approximate surface area is 171 Å². The summed E-state index contributed by atoms with van der Waals surface area (Å²) in [6.07, 6.45) is 0.370. The van der Waals surface area contributed by atoms with Crippen molar-refractivity contribution in [2.45, 2.75) is 32.6 Å². The van der Waals surface area contributed by atoms with Gasteiger partial charge in [-0.05, 0) is 47.9 Å². The molecular weight excluding hydrogens is 369 g/mol. The molecule has 0 saturated carbocycles. The number of piperazine rings is 1. The number of halogens is 1. The van der Waals surface area contributed by atoms with Crippen LogP contribution < -0.4 is 10.2 Å². The molecule has 3 rings (SSSR count). The second kappa shape index (κ2) is 9.54. The first-order valence-corrected chi connectivity index (χ1v) is 10.1. The Morgan fingerprint density at radius 2 is 1.55 bits per heavy atom. The normalized spacial score (nSPS) is 14.2. The third kappa shape index (κ3) is 5.79. The standard InChI is InChI=1S/C23H28FN3O2/c1-17(2)18-3-7-20(8-4-18)25-22(28)11-12-23(29)27-15-13-26(14-16-27)21-9-5-19(24)6-10-21/h3-10,17H,11-16H2,1-2H3,(H,25,28). The Hall–Kier alpha value is -2.89. The van der Waals surface area contributed by atoms with Crippen LogP contribution in [0.1, 0.15) is 38.2 Å². The zero-order chi connectivity index (χ0) is 20.8. The fourth-order valence-corrected chi connectivity index (χ4v) is 3.42. The summed E-state index contributed by atoms with van der Waals surface area (Å²) in [6, 6.07) is 14.2. The van der Waals surface area contributed by atoms with E-state index in [1.165, 1.54) is 17.7 Å². The predicted octanol–water partition coefficient (Wildman–Crippen LogP) is 4.02. The third-order valence-corrected chi connectivity index (χ3v) is 5.25. The van der Waals surface area contributed by atoms with Crippen LogP contribution >= 0.6 is 0 Å². The third-order valence-electron chi connectivity index (χ3n) is 5.25. The molecule has 1 saturated heterocycles. The van der Waals surface area contributed by atoms with Gasteiger partial charge in [-0.3, -0.25) is 9.59 Å². The number of hydrogen-bond acceptors (Lipinski definition) is 3. The number of nitrogens with one attached hydrogen (secondary N) is 1. The fraction of sp³-hybridized carbons (Fsp3) is 0.391. The number of nitrogens with zero attached hydrogens (tertiary/aromatic N) is 2. The van der Waals surface area contributed by atoms with Crippen LogP contribution in [-0.4, -0.2) is 42.9 Å². The number of hydrogen-bond donors (Lipinski definition) is 1. The Bertz CT molecular complexity index is 826. The fourth-order valence-electron chi connectivity index (χ4n) is 3.42. The second-order valence-electron chi connectivity index (χ2n) is 7.67. The Morgan fingerprint density at radius 1 is 0.931 bits per heavy atom. The summed E-state index contributed by atoms with van der Waals surface area (Å²) in [4.78, 5) is 28.5. The van der Waals surface area contributed by atoms with Gasteiger partial charge in [0.1, 0.15) is 5.82 Å². The minimum Gasteiger partial charge on any atom is -0.368 e. The van der Waals surface area contributed by atoms with E-state index in [1.54, 1.807) is 17.0 Å². The van der Waals surface area contributed by atoms with Gasteiger partial charge in [-0.1, -0.05) is 26.0 Å². The highest BCUT2D eigenvalue weighted by atomic mass is 19.1. The van der Waals surface area contributed by atoms with E-state index < -0.39 is 0 Å². The molecule has 0 unspecified atom stereocenters. The van der Waals surface area contributed by atoms with Gasteiger partial charge in [0.15, 0.2) is 0 Å². The topological polar surface area (TPSA) is 52.7 Å². The molecule has 1 N–H and O–H groups in total. The Kier molecular flexibility index (Phi) is 6.86. The van der Waals surface area contributed by atoms with Gasteiger partial charge in [-0.2, -0.15) is 0 Å². The molecule has 154 valence electrons. The van der Waals surface area contributed by atoms with E-state index in [9.17, 15) is 14.0 Å². The van der Waals surface area contributed by atoms with Gasteiger partial charge in [-0.25, -0.2) is 4.39 Å². The highest BCUT2D eigenvalue weighted by Gasteiger charge is 2.21. The molecule has 5 nitrogen and oxygen atoms in total. The van der Waals surface area contributed by atoms with E-state index in [0.29, 0.717) is 32.1 Å². The van der Waals surface area contributed by atoms with E-state index in [2.05, 4.69) is 24.1 Å². The maximum absolute atomic E-state index is 13.1. The van der Waals surface area contributed by atoms with Gasteiger partial charge in [0.25, 0.3) is 0 Å². The van der Waals surface area contributed by atoms with E-state index >= 15 is 0 Å². The Morgan fingerprint density at radius 3 is 2.14 bits per heavy atom. The molecule has 0 aliphatic carbocycles. The number of carbonyl (C=O) groups is 2. The first-order chi connectivity index (χ1) is 13.9. The van der Waals surface area contributed by atoms with E-state index in [-0.39, 0.29) is 30.5 Å². The molecule has 2 amide bonds. The van der Waals surface area contributed by atoms with Crippen molar-refractivity contribution >= 4 is 23.2 Å². The second-order valence-corrected chi connectivity index (χ2v) is 7.67. The van der Waals surface area contributed by atoms with E-state index in [4.69, 9.17) is 0 Å². The van der Waals surface area contributed by atoms with Crippen LogP contribution in [0.3, 0.4) is 0 Å². The lowest BCUT2D eigenvalue weighted by Crippen LogP contribution is -2.48. The monoisotopic (exact) mass is 397 g/mol. The van der Waals surface area contributed by atoms with Crippen molar-refractivity contribution in [3.8, 4) is 0 Å². The largest absolute Gasteiger partial charge is 0.368 e. The highest BCUT2D eigenvalue weighted by Crippen LogP contribution is 2.19. The number of anilines is 2. The molecule has 0 radical (unpaired) electrons. The van der Waals surface area contributed by atoms with Gasteiger partial charge >= 0.3 is 0 Å². The zero-order valence-corrected chi connectivity index (χ0v) is 17.0. The van der Waals surface area contributed by atoms with E-state index in [1.807, 2.05) is 24.3 Å². The van der Waals surface area contributed by atoms with E-state index in [0.717, 1.165) is 11.4 Å². The summed E-state index contributed by atoms with van der Waals surface area (Å²) in [7, 11) is 0. The first kappa shape index (κ1) is 20.8. The molecule has 1 aliphatic heterocycles. The SMILES string of the molecule is CC(C)c1ccc(NC(=O)CCC(=O)N2CCN(c3ccc(F)cc3)CC2)cc1.